The number of amides is 3. The van der Waals surface area contributed by atoms with Crippen molar-refractivity contribution in [3.8, 4) is 0 Å². The molecule has 0 bridgehead atoms. The molecule has 7 heteroatoms. The second-order valence-electron chi connectivity index (χ2n) is 6.98. The van der Waals surface area contributed by atoms with Crippen molar-refractivity contribution < 1.29 is 23.5 Å². The van der Waals surface area contributed by atoms with Crippen LogP contribution in [-0.4, -0.2) is 29.9 Å². The van der Waals surface area contributed by atoms with Crippen LogP contribution in [0, 0.1) is 6.92 Å². The van der Waals surface area contributed by atoms with Gasteiger partial charge >= 0.3 is 12.0 Å². The van der Waals surface area contributed by atoms with E-state index in [1.54, 1.807) is 31.2 Å². The van der Waals surface area contributed by atoms with Gasteiger partial charge in [0.05, 0.1) is 13.7 Å². The third kappa shape index (κ3) is 3.04. The fourth-order valence-corrected chi connectivity index (χ4v) is 3.74. The first kappa shape index (κ1) is 19.4. The van der Waals surface area contributed by atoms with Crippen molar-refractivity contribution in [2.24, 2.45) is 0 Å². The first-order valence-electron chi connectivity index (χ1n) is 9.40. The van der Waals surface area contributed by atoms with Crippen molar-refractivity contribution in [2.75, 3.05) is 7.11 Å². The number of ether oxygens (including phenoxy) is 1. The maximum Gasteiger partial charge on any atom is 0.341 e. The Hall–Kier alpha value is -3.87. The van der Waals surface area contributed by atoms with E-state index in [2.05, 4.69) is 5.32 Å². The number of esters is 1. The number of furan rings is 1. The summed E-state index contributed by atoms with van der Waals surface area (Å²) in [5, 5.41) is 2.88. The molecule has 4 rings (SSSR count). The fraction of sp³-hybridized carbons (Fsp3) is 0.174. The van der Waals surface area contributed by atoms with Crippen molar-refractivity contribution >= 4 is 17.9 Å². The van der Waals surface area contributed by atoms with Crippen LogP contribution in [0.1, 0.15) is 33.0 Å². The Bertz CT molecular complexity index is 1070. The summed E-state index contributed by atoms with van der Waals surface area (Å²) in [5.74, 6) is -0.282. The van der Waals surface area contributed by atoms with Crippen LogP contribution in [0.25, 0.3) is 0 Å². The first-order chi connectivity index (χ1) is 14.5. The maximum atomic E-state index is 13.6. The molecule has 30 heavy (non-hydrogen) atoms. The van der Waals surface area contributed by atoms with Crippen LogP contribution in [0.15, 0.2) is 71.1 Å². The number of hydrogen-bond acceptors (Lipinski definition) is 5. The molecular weight excluding hydrogens is 384 g/mol. The number of nitrogens with one attached hydrogen (secondary N) is 1. The van der Waals surface area contributed by atoms with Crippen LogP contribution in [0.5, 0.6) is 0 Å². The van der Waals surface area contributed by atoms with Crippen LogP contribution in [0.3, 0.4) is 0 Å². The predicted molar refractivity (Wildman–Crippen MR) is 108 cm³/mol. The smallest absolute Gasteiger partial charge is 0.341 e. The summed E-state index contributed by atoms with van der Waals surface area (Å²) in [5.41, 5.74) is 0.231. The number of rotatable bonds is 5. The minimum atomic E-state index is -1.34. The van der Waals surface area contributed by atoms with Gasteiger partial charge in [0.25, 0.3) is 5.91 Å². The summed E-state index contributed by atoms with van der Waals surface area (Å²) in [6.07, 6.45) is 0. The van der Waals surface area contributed by atoms with Gasteiger partial charge in [-0.1, -0.05) is 60.7 Å². The highest BCUT2D eigenvalue weighted by molar-refractivity contribution is 6.09. The van der Waals surface area contributed by atoms with Crippen molar-refractivity contribution in [3.05, 3.63) is 94.9 Å². The van der Waals surface area contributed by atoms with E-state index in [-0.39, 0.29) is 12.1 Å². The number of carbonyl (C=O) groups is 3. The highest BCUT2D eigenvalue weighted by Gasteiger charge is 2.53. The summed E-state index contributed by atoms with van der Waals surface area (Å²) in [7, 11) is 1.28. The lowest BCUT2D eigenvalue weighted by atomic mass is 9.82. The van der Waals surface area contributed by atoms with E-state index < -0.39 is 23.4 Å². The van der Waals surface area contributed by atoms with E-state index in [1.165, 1.54) is 13.2 Å². The molecule has 0 spiro atoms. The van der Waals surface area contributed by atoms with Gasteiger partial charge in [-0.15, -0.1) is 0 Å². The van der Waals surface area contributed by atoms with Crippen molar-refractivity contribution in [3.63, 3.8) is 0 Å². The topological polar surface area (TPSA) is 88.9 Å². The highest BCUT2D eigenvalue weighted by Crippen LogP contribution is 2.36. The zero-order chi connectivity index (χ0) is 21.3. The van der Waals surface area contributed by atoms with Gasteiger partial charge in [-0.25, -0.2) is 9.59 Å². The summed E-state index contributed by atoms with van der Waals surface area (Å²) in [6.45, 7) is 1.52. The van der Waals surface area contributed by atoms with Gasteiger partial charge in [-0.3, -0.25) is 9.69 Å². The van der Waals surface area contributed by atoms with Crippen LogP contribution in [0.4, 0.5) is 4.79 Å². The van der Waals surface area contributed by atoms with E-state index in [4.69, 9.17) is 9.15 Å². The zero-order valence-electron chi connectivity index (χ0n) is 16.5. The number of carbonyl (C=O) groups excluding carboxylic acids is 3. The Morgan fingerprint density at radius 3 is 2.13 bits per heavy atom. The normalized spacial score (nSPS) is 15.2. The quantitative estimate of drug-likeness (QED) is 0.520. The van der Waals surface area contributed by atoms with E-state index in [1.807, 2.05) is 36.4 Å². The van der Waals surface area contributed by atoms with Crippen molar-refractivity contribution in [2.45, 2.75) is 19.0 Å². The molecule has 3 aromatic rings. The van der Waals surface area contributed by atoms with Gasteiger partial charge in [-0.05, 0) is 24.1 Å². The van der Waals surface area contributed by atoms with Crippen LogP contribution in [0.2, 0.25) is 0 Å². The first-order valence-corrected chi connectivity index (χ1v) is 9.40. The molecule has 0 unspecified atom stereocenters. The molecule has 0 atom stereocenters. The van der Waals surface area contributed by atoms with Gasteiger partial charge in [-0.2, -0.15) is 0 Å². The Kier molecular flexibility index (Phi) is 4.87. The molecule has 1 N–H and O–H groups in total. The third-order valence-corrected chi connectivity index (χ3v) is 5.21. The molecule has 0 radical (unpaired) electrons. The monoisotopic (exact) mass is 404 g/mol. The van der Waals surface area contributed by atoms with E-state index >= 15 is 0 Å². The average molecular weight is 404 g/mol. The minimum Gasteiger partial charge on any atom is -0.465 e. The lowest BCUT2D eigenvalue weighted by Gasteiger charge is -2.27. The van der Waals surface area contributed by atoms with Gasteiger partial charge in [0.15, 0.2) is 5.54 Å². The lowest BCUT2D eigenvalue weighted by molar-refractivity contribution is -0.130. The number of methoxy groups -OCH3 is 1. The largest absolute Gasteiger partial charge is 0.465 e. The molecule has 0 aliphatic carbocycles. The molecule has 2 heterocycles. The fourth-order valence-electron chi connectivity index (χ4n) is 3.74. The number of nitrogens with zero attached hydrogens (tertiary/aromatic N) is 1. The maximum absolute atomic E-state index is 13.6. The minimum absolute atomic E-state index is 0.107. The summed E-state index contributed by atoms with van der Waals surface area (Å²) < 4.78 is 10.3. The molecule has 1 fully saturated rings. The van der Waals surface area contributed by atoms with Crippen LogP contribution in [-0.2, 0) is 21.6 Å². The van der Waals surface area contributed by atoms with Crippen molar-refractivity contribution in [1.82, 2.24) is 10.2 Å². The molecule has 1 aliphatic heterocycles. The number of aryl methyl sites for hydroxylation is 1. The number of benzene rings is 2. The molecule has 7 nitrogen and oxygen atoms in total. The Labute approximate surface area is 173 Å². The van der Waals surface area contributed by atoms with Gasteiger partial charge in [0, 0.05) is 0 Å². The summed E-state index contributed by atoms with van der Waals surface area (Å²) in [6, 6.07) is 19.2. The van der Waals surface area contributed by atoms with Gasteiger partial charge < -0.3 is 14.5 Å². The molecule has 0 saturated carbocycles. The van der Waals surface area contributed by atoms with Crippen LogP contribution >= 0.6 is 0 Å². The predicted octanol–water partition coefficient (Wildman–Crippen LogP) is 3.37. The average Bonchev–Trinajstić information content (AvgIpc) is 3.27. The second-order valence-corrected chi connectivity index (χ2v) is 6.98. The molecule has 152 valence electrons. The number of imide groups is 1. The molecule has 2 aromatic carbocycles. The summed E-state index contributed by atoms with van der Waals surface area (Å²) in [4.78, 5) is 39.5. The SMILES string of the molecule is COC(=O)c1cc(CN2C(=O)NC(c3ccccc3)(c3ccccc3)C2=O)oc1C. The second kappa shape index (κ2) is 7.51. The van der Waals surface area contributed by atoms with Crippen LogP contribution < -0.4 is 5.32 Å². The molecule has 1 aliphatic rings. The zero-order valence-corrected chi connectivity index (χ0v) is 16.5. The Morgan fingerprint density at radius 1 is 1.03 bits per heavy atom. The lowest BCUT2D eigenvalue weighted by Crippen LogP contribution is -2.45. The molecular formula is C23H20N2O5. The standard InChI is InChI=1S/C23H20N2O5/c1-15-19(20(26)29-2)13-18(30-15)14-25-21(27)23(24-22(25)28,16-9-5-3-6-10-16)17-11-7-4-8-12-17/h3-13H,14H2,1-2H3,(H,24,28). The summed E-state index contributed by atoms with van der Waals surface area (Å²) >= 11 is 0. The van der Waals surface area contributed by atoms with E-state index in [9.17, 15) is 14.4 Å². The molecule has 3 amide bonds. The van der Waals surface area contributed by atoms with Crippen molar-refractivity contribution in [1.29, 1.82) is 0 Å². The third-order valence-electron chi connectivity index (χ3n) is 5.21. The molecule has 1 saturated heterocycles. The Morgan fingerprint density at radius 2 is 1.60 bits per heavy atom. The van der Waals surface area contributed by atoms with E-state index in [0.29, 0.717) is 22.6 Å². The van der Waals surface area contributed by atoms with Gasteiger partial charge in [0.2, 0.25) is 0 Å². The van der Waals surface area contributed by atoms with Gasteiger partial charge in [0.1, 0.15) is 17.1 Å². The number of urea groups is 1. The number of hydrogen-bond donors (Lipinski definition) is 1. The molecule has 1 aromatic heterocycles. The Balaban J connectivity index is 1.74. The van der Waals surface area contributed by atoms with E-state index in [0.717, 1.165) is 4.90 Å². The highest BCUT2D eigenvalue weighted by atomic mass is 16.5.